The second-order valence-corrected chi connectivity index (χ2v) is 6.76. The van der Waals surface area contributed by atoms with Gasteiger partial charge < -0.3 is 10.6 Å². The number of aromatic nitrogens is 1. The number of amides is 3. The van der Waals surface area contributed by atoms with Crippen LogP contribution in [0, 0.1) is 5.82 Å². The molecule has 0 unspecified atom stereocenters. The molecule has 0 radical (unpaired) electrons. The molecule has 27 heavy (non-hydrogen) atoms. The van der Waals surface area contributed by atoms with Crippen molar-refractivity contribution in [3.05, 3.63) is 70.4 Å². The van der Waals surface area contributed by atoms with E-state index in [1.54, 1.807) is 29.6 Å². The molecule has 0 atom stereocenters. The maximum absolute atomic E-state index is 12.9. The smallest absolute Gasteiger partial charge is 0.325 e. The molecule has 3 N–H and O–H groups in total. The summed E-state index contributed by atoms with van der Waals surface area (Å²) >= 11 is 7.00. The lowest BCUT2D eigenvalue weighted by atomic mass is 10.3. The van der Waals surface area contributed by atoms with E-state index in [0.29, 0.717) is 27.2 Å². The zero-order chi connectivity index (χ0) is 19.2. The number of hydrogen-bond donors (Lipinski definition) is 3. The van der Waals surface area contributed by atoms with Crippen molar-refractivity contribution >= 4 is 51.4 Å². The molecule has 0 aliphatic heterocycles. The Hall–Kier alpha value is -2.97. The van der Waals surface area contributed by atoms with Crippen LogP contribution in [-0.2, 0) is 11.2 Å². The first-order chi connectivity index (χ1) is 13.0. The van der Waals surface area contributed by atoms with Gasteiger partial charge in [0.25, 0.3) is 0 Å². The quantitative estimate of drug-likeness (QED) is 0.573. The fourth-order valence-corrected chi connectivity index (χ4v) is 2.97. The molecule has 3 rings (SSSR count). The number of anilines is 3. The van der Waals surface area contributed by atoms with Gasteiger partial charge >= 0.3 is 6.03 Å². The van der Waals surface area contributed by atoms with Crippen LogP contribution in [0.4, 0.5) is 25.7 Å². The molecule has 2 aromatic carbocycles. The van der Waals surface area contributed by atoms with Gasteiger partial charge in [0.1, 0.15) is 5.82 Å². The summed E-state index contributed by atoms with van der Waals surface area (Å²) in [6.07, 6.45) is 0.0361. The highest BCUT2D eigenvalue weighted by molar-refractivity contribution is 7.14. The molecule has 6 nitrogen and oxygen atoms in total. The summed E-state index contributed by atoms with van der Waals surface area (Å²) in [7, 11) is 0. The van der Waals surface area contributed by atoms with E-state index in [2.05, 4.69) is 20.9 Å². The first-order valence-electron chi connectivity index (χ1n) is 7.81. The van der Waals surface area contributed by atoms with Crippen LogP contribution in [0.1, 0.15) is 5.69 Å². The zero-order valence-corrected chi connectivity index (χ0v) is 15.4. The molecule has 0 fully saturated rings. The van der Waals surface area contributed by atoms with Gasteiger partial charge in [0.2, 0.25) is 5.91 Å². The Morgan fingerprint density at radius 3 is 2.30 bits per heavy atom. The lowest BCUT2D eigenvalue weighted by Gasteiger charge is -2.05. The number of rotatable bonds is 5. The Kier molecular flexibility index (Phi) is 6.00. The molecule has 3 amide bonds. The van der Waals surface area contributed by atoms with Crippen LogP contribution in [0.3, 0.4) is 0 Å². The maximum atomic E-state index is 12.9. The van der Waals surface area contributed by atoms with Crippen molar-refractivity contribution in [1.82, 2.24) is 4.98 Å². The van der Waals surface area contributed by atoms with E-state index in [1.807, 2.05) is 0 Å². The second kappa shape index (κ2) is 8.61. The molecular formula is C18H14ClFN4O2S. The van der Waals surface area contributed by atoms with E-state index in [-0.39, 0.29) is 18.1 Å². The van der Waals surface area contributed by atoms with Crippen molar-refractivity contribution in [1.29, 1.82) is 0 Å². The number of carbonyl (C=O) groups excluding carboxylic acids is 2. The van der Waals surface area contributed by atoms with Crippen LogP contribution in [0.5, 0.6) is 0 Å². The summed E-state index contributed by atoms with van der Waals surface area (Å²) in [6, 6.07) is 11.7. The number of halogens is 2. The molecule has 0 aliphatic carbocycles. The van der Waals surface area contributed by atoms with E-state index in [1.165, 1.54) is 35.6 Å². The monoisotopic (exact) mass is 404 g/mol. The minimum absolute atomic E-state index is 0.0361. The van der Waals surface area contributed by atoms with Crippen LogP contribution in [0.15, 0.2) is 53.9 Å². The molecule has 0 saturated carbocycles. The van der Waals surface area contributed by atoms with Gasteiger partial charge in [-0.15, -0.1) is 11.3 Å². The van der Waals surface area contributed by atoms with E-state index in [0.717, 1.165) is 0 Å². The average molecular weight is 405 g/mol. The number of urea groups is 1. The first-order valence-corrected chi connectivity index (χ1v) is 9.07. The molecule has 1 heterocycles. The van der Waals surface area contributed by atoms with Crippen molar-refractivity contribution in [2.24, 2.45) is 0 Å². The molecule has 0 saturated heterocycles. The Labute approximate surface area is 163 Å². The van der Waals surface area contributed by atoms with Gasteiger partial charge in [-0.25, -0.2) is 14.2 Å². The Morgan fingerprint density at radius 1 is 0.963 bits per heavy atom. The molecule has 3 aromatic rings. The van der Waals surface area contributed by atoms with E-state index < -0.39 is 6.03 Å². The largest absolute Gasteiger partial charge is 0.326 e. The standard InChI is InChI=1S/C18H14ClFN4O2S/c19-11-1-5-14(6-2-11)22-17(26)24-18-23-15(10-27-18)9-16(25)21-13-7-3-12(20)4-8-13/h1-8,10H,9H2,(H,21,25)(H2,22,23,24,26). The third kappa shape index (κ3) is 5.77. The Morgan fingerprint density at radius 2 is 1.59 bits per heavy atom. The van der Waals surface area contributed by atoms with Crippen molar-refractivity contribution in [3.63, 3.8) is 0 Å². The van der Waals surface area contributed by atoms with E-state index in [4.69, 9.17) is 11.6 Å². The number of nitrogens with one attached hydrogen (secondary N) is 3. The lowest BCUT2D eigenvalue weighted by molar-refractivity contribution is -0.115. The maximum Gasteiger partial charge on any atom is 0.325 e. The summed E-state index contributed by atoms with van der Waals surface area (Å²) in [5.41, 5.74) is 1.60. The highest BCUT2D eigenvalue weighted by Crippen LogP contribution is 2.18. The van der Waals surface area contributed by atoms with Gasteiger partial charge in [-0.05, 0) is 48.5 Å². The molecular weight excluding hydrogens is 391 g/mol. The highest BCUT2D eigenvalue weighted by atomic mass is 35.5. The van der Waals surface area contributed by atoms with Gasteiger partial charge in [0, 0.05) is 21.8 Å². The fraction of sp³-hybridized carbons (Fsp3) is 0.0556. The van der Waals surface area contributed by atoms with Crippen LogP contribution in [0.25, 0.3) is 0 Å². The predicted molar refractivity (Wildman–Crippen MR) is 105 cm³/mol. The summed E-state index contributed by atoms with van der Waals surface area (Å²) in [6.45, 7) is 0. The number of carbonyl (C=O) groups is 2. The van der Waals surface area contributed by atoms with Crippen molar-refractivity contribution in [2.45, 2.75) is 6.42 Å². The Bertz CT molecular complexity index is 869. The van der Waals surface area contributed by atoms with Crippen molar-refractivity contribution in [3.8, 4) is 0 Å². The molecule has 9 heteroatoms. The third-order valence-corrected chi connectivity index (χ3v) is 4.40. The summed E-state index contributed by atoms with van der Waals surface area (Å²) in [5.74, 6) is -0.663. The van der Waals surface area contributed by atoms with Gasteiger partial charge in [-0.2, -0.15) is 0 Å². The van der Waals surface area contributed by atoms with Crippen molar-refractivity contribution < 1.29 is 14.0 Å². The van der Waals surface area contributed by atoms with Gasteiger partial charge in [0.15, 0.2) is 5.13 Å². The van der Waals surface area contributed by atoms with Gasteiger partial charge in [0.05, 0.1) is 12.1 Å². The molecule has 138 valence electrons. The number of hydrogen-bond acceptors (Lipinski definition) is 4. The zero-order valence-electron chi connectivity index (χ0n) is 13.8. The number of thiazole rings is 1. The lowest BCUT2D eigenvalue weighted by Crippen LogP contribution is -2.19. The molecule has 1 aromatic heterocycles. The minimum Gasteiger partial charge on any atom is -0.326 e. The number of benzene rings is 2. The minimum atomic E-state index is -0.450. The third-order valence-electron chi connectivity index (χ3n) is 3.34. The number of nitrogens with zero attached hydrogens (tertiary/aromatic N) is 1. The Balaban J connectivity index is 1.51. The van der Waals surface area contributed by atoms with E-state index in [9.17, 15) is 14.0 Å². The van der Waals surface area contributed by atoms with Crippen LogP contribution < -0.4 is 16.0 Å². The second-order valence-electron chi connectivity index (χ2n) is 5.46. The average Bonchev–Trinajstić information content (AvgIpc) is 3.05. The topological polar surface area (TPSA) is 83.1 Å². The van der Waals surface area contributed by atoms with Gasteiger partial charge in [-0.3, -0.25) is 10.1 Å². The van der Waals surface area contributed by atoms with E-state index >= 15 is 0 Å². The molecule has 0 aliphatic rings. The van der Waals surface area contributed by atoms with Crippen LogP contribution in [0.2, 0.25) is 5.02 Å². The fourth-order valence-electron chi connectivity index (χ4n) is 2.14. The van der Waals surface area contributed by atoms with Crippen LogP contribution >= 0.6 is 22.9 Å². The van der Waals surface area contributed by atoms with Crippen molar-refractivity contribution in [2.75, 3.05) is 16.0 Å². The van der Waals surface area contributed by atoms with Gasteiger partial charge in [-0.1, -0.05) is 11.6 Å². The summed E-state index contributed by atoms with van der Waals surface area (Å²) < 4.78 is 12.9. The molecule has 0 bridgehead atoms. The highest BCUT2D eigenvalue weighted by Gasteiger charge is 2.10. The van der Waals surface area contributed by atoms with Crippen LogP contribution in [-0.4, -0.2) is 16.9 Å². The SMILES string of the molecule is O=C(Cc1csc(NC(=O)Nc2ccc(Cl)cc2)n1)Nc1ccc(F)cc1. The molecule has 0 spiro atoms. The summed E-state index contributed by atoms with van der Waals surface area (Å²) in [5, 5.41) is 10.5. The summed E-state index contributed by atoms with van der Waals surface area (Å²) in [4.78, 5) is 28.2. The normalized spacial score (nSPS) is 10.3. The first kappa shape index (κ1) is 18.8. The predicted octanol–water partition coefficient (Wildman–Crippen LogP) is 4.76.